The fourth-order valence-corrected chi connectivity index (χ4v) is 3.71. The number of nitrogens with one attached hydrogen (secondary N) is 1. The number of carbonyl (C=O) groups excluding carboxylic acids is 1. The number of amides is 1. The first-order valence-electron chi connectivity index (χ1n) is 6.48. The van der Waals surface area contributed by atoms with E-state index in [1.807, 2.05) is 28.5 Å². The Morgan fingerprint density at radius 2 is 2.44 bits per heavy atom. The molecule has 1 amide bonds. The van der Waals surface area contributed by atoms with Gasteiger partial charge in [-0.25, -0.2) is 0 Å². The zero-order valence-electron chi connectivity index (χ0n) is 10.5. The largest absolute Gasteiger partial charge is 0.336 e. The molecule has 3 rings (SSSR count). The van der Waals surface area contributed by atoms with Crippen molar-refractivity contribution in [3.05, 3.63) is 28.5 Å². The fourth-order valence-electron chi connectivity index (χ4n) is 3.09. The maximum atomic E-state index is 12.2. The van der Waals surface area contributed by atoms with Crippen LogP contribution in [0.1, 0.15) is 11.8 Å². The van der Waals surface area contributed by atoms with Crippen molar-refractivity contribution in [3.8, 4) is 0 Å². The van der Waals surface area contributed by atoms with Crippen molar-refractivity contribution in [1.82, 2.24) is 10.2 Å². The standard InChI is InChI=1S/C14H18N2OS/c1-10-13-8-15-7-11(13)9-16(10)14(17)5-4-12-3-2-6-18-12/h2-6,10-11,13,15H,7-9H2,1H3. The van der Waals surface area contributed by atoms with Gasteiger partial charge in [0, 0.05) is 36.6 Å². The summed E-state index contributed by atoms with van der Waals surface area (Å²) in [4.78, 5) is 15.4. The molecule has 1 aromatic heterocycles. The first-order chi connectivity index (χ1) is 8.75. The Morgan fingerprint density at radius 1 is 1.56 bits per heavy atom. The van der Waals surface area contributed by atoms with Crippen LogP contribution in [0.5, 0.6) is 0 Å². The fraction of sp³-hybridized carbons (Fsp3) is 0.500. The van der Waals surface area contributed by atoms with Crippen LogP contribution < -0.4 is 5.32 Å². The second-order valence-electron chi connectivity index (χ2n) is 5.16. The lowest BCUT2D eigenvalue weighted by molar-refractivity contribution is -0.126. The summed E-state index contributed by atoms with van der Waals surface area (Å²) < 4.78 is 0. The molecule has 3 nitrogen and oxygen atoms in total. The molecule has 1 aromatic rings. The van der Waals surface area contributed by atoms with E-state index >= 15 is 0 Å². The van der Waals surface area contributed by atoms with E-state index in [1.165, 1.54) is 0 Å². The third-order valence-electron chi connectivity index (χ3n) is 4.15. The number of nitrogens with zero attached hydrogens (tertiary/aromatic N) is 1. The lowest BCUT2D eigenvalue weighted by atomic mass is 9.95. The first-order valence-corrected chi connectivity index (χ1v) is 7.36. The predicted molar refractivity (Wildman–Crippen MR) is 74.4 cm³/mol. The Morgan fingerprint density at radius 3 is 3.17 bits per heavy atom. The Balaban J connectivity index is 1.67. The number of carbonyl (C=O) groups is 1. The minimum Gasteiger partial charge on any atom is -0.336 e. The van der Waals surface area contributed by atoms with Gasteiger partial charge in [0.15, 0.2) is 0 Å². The van der Waals surface area contributed by atoms with Crippen molar-refractivity contribution in [3.63, 3.8) is 0 Å². The molecule has 2 saturated heterocycles. The minimum atomic E-state index is 0.158. The summed E-state index contributed by atoms with van der Waals surface area (Å²) in [5.74, 6) is 1.45. The molecule has 0 radical (unpaired) electrons. The molecule has 0 aliphatic carbocycles. The second kappa shape index (κ2) is 4.86. The molecule has 2 aliphatic rings. The Labute approximate surface area is 111 Å². The van der Waals surface area contributed by atoms with Crippen molar-refractivity contribution >= 4 is 23.3 Å². The van der Waals surface area contributed by atoms with Crippen LogP contribution in [0.2, 0.25) is 0 Å². The molecule has 0 bridgehead atoms. The molecule has 3 atom stereocenters. The zero-order chi connectivity index (χ0) is 12.5. The summed E-state index contributed by atoms with van der Waals surface area (Å²) in [7, 11) is 0. The van der Waals surface area contributed by atoms with Crippen LogP contribution in [0.4, 0.5) is 0 Å². The van der Waals surface area contributed by atoms with E-state index in [0.717, 1.165) is 24.5 Å². The Hall–Kier alpha value is -1.13. The summed E-state index contributed by atoms with van der Waals surface area (Å²) in [5.41, 5.74) is 0. The lowest BCUT2D eigenvalue weighted by Gasteiger charge is -2.23. The maximum absolute atomic E-state index is 12.2. The molecule has 1 N–H and O–H groups in total. The van der Waals surface area contributed by atoms with Crippen molar-refractivity contribution in [2.24, 2.45) is 11.8 Å². The van der Waals surface area contributed by atoms with E-state index in [1.54, 1.807) is 17.4 Å². The number of fused-ring (bicyclic) bond motifs is 1. The van der Waals surface area contributed by atoms with E-state index in [9.17, 15) is 4.79 Å². The lowest BCUT2D eigenvalue weighted by Crippen LogP contribution is -2.37. The molecule has 4 heteroatoms. The van der Waals surface area contributed by atoms with Gasteiger partial charge in [-0.3, -0.25) is 4.79 Å². The third-order valence-corrected chi connectivity index (χ3v) is 4.99. The highest BCUT2D eigenvalue weighted by atomic mass is 32.1. The van der Waals surface area contributed by atoms with Crippen LogP contribution in [0.3, 0.4) is 0 Å². The average Bonchev–Trinajstić information content (AvgIpc) is 3.05. The van der Waals surface area contributed by atoms with Crippen LogP contribution in [0.15, 0.2) is 23.6 Å². The molecule has 3 heterocycles. The highest BCUT2D eigenvalue weighted by Crippen LogP contribution is 2.32. The Kier molecular flexibility index (Phi) is 3.22. The van der Waals surface area contributed by atoms with E-state index in [0.29, 0.717) is 17.9 Å². The van der Waals surface area contributed by atoms with Gasteiger partial charge >= 0.3 is 0 Å². The summed E-state index contributed by atoms with van der Waals surface area (Å²) in [6, 6.07) is 4.40. The topological polar surface area (TPSA) is 32.3 Å². The monoisotopic (exact) mass is 262 g/mol. The van der Waals surface area contributed by atoms with Gasteiger partial charge < -0.3 is 10.2 Å². The summed E-state index contributed by atoms with van der Waals surface area (Å²) >= 11 is 1.66. The molecule has 18 heavy (non-hydrogen) atoms. The van der Waals surface area contributed by atoms with Gasteiger partial charge in [0.25, 0.3) is 0 Å². The van der Waals surface area contributed by atoms with Gasteiger partial charge in [0.05, 0.1) is 0 Å². The molecule has 2 fully saturated rings. The molecule has 0 aromatic carbocycles. The number of hydrogen-bond acceptors (Lipinski definition) is 3. The van der Waals surface area contributed by atoms with E-state index in [2.05, 4.69) is 12.2 Å². The molecule has 3 unspecified atom stereocenters. The first kappa shape index (κ1) is 11.9. The second-order valence-corrected chi connectivity index (χ2v) is 6.14. The van der Waals surface area contributed by atoms with Gasteiger partial charge in [-0.1, -0.05) is 6.07 Å². The van der Waals surface area contributed by atoms with Gasteiger partial charge in [-0.2, -0.15) is 0 Å². The molecular formula is C14H18N2OS. The quantitative estimate of drug-likeness (QED) is 0.825. The molecule has 96 valence electrons. The van der Waals surface area contributed by atoms with Crippen LogP contribution >= 0.6 is 11.3 Å². The SMILES string of the molecule is CC1C2CNCC2CN1C(=O)C=Cc1cccs1. The Bertz CT molecular complexity index is 454. The van der Waals surface area contributed by atoms with Gasteiger partial charge in [-0.15, -0.1) is 11.3 Å². The van der Waals surface area contributed by atoms with Gasteiger partial charge in [-0.05, 0) is 36.3 Å². The van der Waals surface area contributed by atoms with Crippen LogP contribution in [0.25, 0.3) is 6.08 Å². The molecular weight excluding hydrogens is 244 g/mol. The molecule has 2 aliphatic heterocycles. The van der Waals surface area contributed by atoms with Crippen LogP contribution in [-0.2, 0) is 4.79 Å². The van der Waals surface area contributed by atoms with Crippen LogP contribution in [0, 0.1) is 11.8 Å². The highest BCUT2D eigenvalue weighted by Gasteiger charge is 2.42. The van der Waals surface area contributed by atoms with E-state index in [-0.39, 0.29) is 5.91 Å². The molecule has 0 saturated carbocycles. The summed E-state index contributed by atoms with van der Waals surface area (Å²) in [5, 5.41) is 5.44. The van der Waals surface area contributed by atoms with Crippen molar-refractivity contribution in [2.45, 2.75) is 13.0 Å². The van der Waals surface area contributed by atoms with Gasteiger partial charge in [0.2, 0.25) is 5.91 Å². The van der Waals surface area contributed by atoms with E-state index in [4.69, 9.17) is 0 Å². The number of hydrogen-bond donors (Lipinski definition) is 1. The van der Waals surface area contributed by atoms with Crippen molar-refractivity contribution < 1.29 is 4.79 Å². The minimum absolute atomic E-state index is 0.158. The third kappa shape index (κ3) is 2.10. The maximum Gasteiger partial charge on any atom is 0.246 e. The smallest absolute Gasteiger partial charge is 0.246 e. The van der Waals surface area contributed by atoms with Crippen molar-refractivity contribution in [1.29, 1.82) is 0 Å². The van der Waals surface area contributed by atoms with Crippen molar-refractivity contribution in [2.75, 3.05) is 19.6 Å². The average molecular weight is 262 g/mol. The number of rotatable bonds is 2. The predicted octanol–water partition coefficient (Wildman–Crippen LogP) is 1.83. The van der Waals surface area contributed by atoms with Crippen LogP contribution in [-0.4, -0.2) is 36.5 Å². The normalized spacial score (nSPS) is 31.2. The molecule has 0 spiro atoms. The summed E-state index contributed by atoms with van der Waals surface area (Å²) in [6.45, 7) is 5.21. The zero-order valence-corrected chi connectivity index (χ0v) is 11.3. The number of thiophene rings is 1. The summed E-state index contributed by atoms with van der Waals surface area (Å²) in [6.07, 6.45) is 3.64. The van der Waals surface area contributed by atoms with E-state index < -0.39 is 0 Å². The highest BCUT2D eigenvalue weighted by molar-refractivity contribution is 7.10. The number of likely N-dealkylation sites (tertiary alicyclic amines) is 1. The van der Waals surface area contributed by atoms with Gasteiger partial charge in [0.1, 0.15) is 0 Å².